The average molecular weight is 141 g/mol. The monoisotopic (exact) mass is 141 g/mol. The van der Waals surface area contributed by atoms with Crippen LogP contribution in [0.25, 0.3) is 0 Å². The van der Waals surface area contributed by atoms with Crippen LogP contribution in [0.3, 0.4) is 0 Å². The Balaban J connectivity index is 2.82. The highest BCUT2D eigenvalue weighted by Crippen LogP contribution is 2.02. The van der Waals surface area contributed by atoms with Gasteiger partial charge in [-0.25, -0.2) is 4.68 Å². The molecule has 10 heavy (non-hydrogen) atoms. The maximum atomic E-state index is 3.83. The van der Waals surface area contributed by atoms with Crippen LogP contribution in [-0.4, -0.2) is 27.3 Å². The van der Waals surface area contributed by atoms with Crippen molar-refractivity contribution in [2.24, 2.45) is 7.05 Å². The third kappa shape index (κ3) is 1.13. The molecule has 1 unspecified atom stereocenters. The molecule has 1 rings (SSSR count). The summed E-state index contributed by atoms with van der Waals surface area (Å²) in [5.74, 6) is 0.850. The van der Waals surface area contributed by atoms with Crippen LogP contribution in [0.5, 0.6) is 0 Å². The first-order valence-corrected chi connectivity index (χ1v) is 3.15. The molecule has 0 saturated heterocycles. The fraction of sp³-hybridized carbons (Fsp3) is 0.800. The highest BCUT2D eigenvalue weighted by atomic mass is 15.5. The molecule has 0 saturated carbocycles. The molecule has 0 aliphatic heterocycles. The van der Waals surface area contributed by atoms with Crippen LogP contribution in [-0.2, 0) is 7.05 Å². The average Bonchev–Trinajstić information content (AvgIpc) is 2.34. The zero-order valence-electron chi connectivity index (χ0n) is 6.37. The van der Waals surface area contributed by atoms with E-state index in [1.807, 2.05) is 21.0 Å². The van der Waals surface area contributed by atoms with E-state index in [1.165, 1.54) is 0 Å². The van der Waals surface area contributed by atoms with Gasteiger partial charge in [0.25, 0.3) is 0 Å². The van der Waals surface area contributed by atoms with Gasteiger partial charge >= 0.3 is 0 Å². The topological polar surface area (TPSA) is 55.6 Å². The van der Waals surface area contributed by atoms with E-state index in [4.69, 9.17) is 0 Å². The van der Waals surface area contributed by atoms with Crippen molar-refractivity contribution in [3.05, 3.63) is 5.82 Å². The SMILES string of the molecule is CNC(C)c1nnnn1C. The molecule has 5 nitrogen and oxygen atoms in total. The van der Waals surface area contributed by atoms with E-state index in [1.54, 1.807) is 4.68 Å². The van der Waals surface area contributed by atoms with E-state index < -0.39 is 0 Å². The van der Waals surface area contributed by atoms with Gasteiger partial charge in [0.1, 0.15) is 0 Å². The fourth-order valence-corrected chi connectivity index (χ4v) is 0.732. The van der Waals surface area contributed by atoms with Gasteiger partial charge in [0.05, 0.1) is 6.04 Å². The van der Waals surface area contributed by atoms with E-state index in [0.717, 1.165) is 5.82 Å². The van der Waals surface area contributed by atoms with Gasteiger partial charge in [0.2, 0.25) is 0 Å². The van der Waals surface area contributed by atoms with Crippen molar-refractivity contribution in [1.82, 2.24) is 25.5 Å². The van der Waals surface area contributed by atoms with E-state index in [0.29, 0.717) is 0 Å². The summed E-state index contributed by atoms with van der Waals surface area (Å²) in [7, 11) is 3.70. The Bertz CT molecular complexity index is 206. The smallest absolute Gasteiger partial charge is 0.167 e. The van der Waals surface area contributed by atoms with Crippen molar-refractivity contribution in [1.29, 1.82) is 0 Å². The van der Waals surface area contributed by atoms with Gasteiger partial charge in [-0.3, -0.25) is 0 Å². The van der Waals surface area contributed by atoms with Gasteiger partial charge in [0.15, 0.2) is 5.82 Å². The first-order chi connectivity index (χ1) is 4.75. The molecule has 0 aliphatic rings. The first-order valence-electron chi connectivity index (χ1n) is 3.15. The van der Waals surface area contributed by atoms with Crippen LogP contribution in [0.4, 0.5) is 0 Å². The summed E-state index contributed by atoms with van der Waals surface area (Å²) < 4.78 is 1.65. The van der Waals surface area contributed by atoms with Crippen molar-refractivity contribution in [3.8, 4) is 0 Å². The second-order valence-corrected chi connectivity index (χ2v) is 2.17. The molecule has 5 heteroatoms. The predicted molar refractivity (Wildman–Crippen MR) is 36.3 cm³/mol. The molecule has 0 aliphatic carbocycles. The number of aromatic nitrogens is 4. The molecule has 0 fully saturated rings. The van der Waals surface area contributed by atoms with Crippen LogP contribution in [0.2, 0.25) is 0 Å². The van der Waals surface area contributed by atoms with Gasteiger partial charge < -0.3 is 5.32 Å². The van der Waals surface area contributed by atoms with Crippen LogP contribution < -0.4 is 5.32 Å². The number of nitrogens with zero attached hydrogens (tertiary/aromatic N) is 4. The van der Waals surface area contributed by atoms with Gasteiger partial charge in [-0.1, -0.05) is 0 Å². The zero-order chi connectivity index (χ0) is 7.56. The summed E-state index contributed by atoms with van der Waals surface area (Å²) in [6, 6.07) is 0.208. The minimum atomic E-state index is 0.208. The number of nitrogens with one attached hydrogen (secondary N) is 1. The lowest BCUT2D eigenvalue weighted by Gasteiger charge is -2.05. The van der Waals surface area contributed by atoms with Gasteiger partial charge in [-0.2, -0.15) is 0 Å². The summed E-state index contributed by atoms with van der Waals surface area (Å²) in [6.45, 7) is 2.01. The third-order valence-electron chi connectivity index (χ3n) is 1.47. The Labute approximate surface area is 59.4 Å². The second-order valence-electron chi connectivity index (χ2n) is 2.17. The normalized spacial score (nSPS) is 13.5. The molecule has 56 valence electrons. The van der Waals surface area contributed by atoms with Crippen LogP contribution in [0.15, 0.2) is 0 Å². The maximum absolute atomic E-state index is 3.83. The van der Waals surface area contributed by atoms with Crippen LogP contribution >= 0.6 is 0 Å². The Morgan fingerprint density at radius 1 is 1.60 bits per heavy atom. The minimum Gasteiger partial charge on any atom is -0.311 e. The quantitative estimate of drug-likeness (QED) is 0.602. The van der Waals surface area contributed by atoms with Gasteiger partial charge in [0, 0.05) is 7.05 Å². The van der Waals surface area contributed by atoms with Crippen molar-refractivity contribution < 1.29 is 0 Å². The molecule has 1 N–H and O–H groups in total. The molecule has 0 bridgehead atoms. The predicted octanol–water partition coefficient (Wildman–Crippen LogP) is -0.510. The van der Waals surface area contributed by atoms with E-state index in [-0.39, 0.29) is 6.04 Å². The fourth-order valence-electron chi connectivity index (χ4n) is 0.732. The molecule has 1 aromatic rings. The molecule has 0 aromatic carbocycles. The van der Waals surface area contributed by atoms with Gasteiger partial charge in [-0.05, 0) is 24.4 Å². The van der Waals surface area contributed by atoms with Crippen LogP contribution in [0, 0.1) is 0 Å². The summed E-state index contributed by atoms with van der Waals surface area (Å²) in [5, 5.41) is 14.1. The minimum absolute atomic E-state index is 0.208. The van der Waals surface area contributed by atoms with Crippen molar-refractivity contribution in [3.63, 3.8) is 0 Å². The highest BCUT2D eigenvalue weighted by molar-refractivity contribution is 4.87. The lowest BCUT2D eigenvalue weighted by atomic mass is 10.3. The number of rotatable bonds is 2. The molecule has 0 radical (unpaired) electrons. The zero-order valence-corrected chi connectivity index (χ0v) is 6.37. The lowest BCUT2D eigenvalue weighted by molar-refractivity contribution is 0.563. The highest BCUT2D eigenvalue weighted by Gasteiger charge is 2.08. The largest absolute Gasteiger partial charge is 0.311 e. The lowest BCUT2D eigenvalue weighted by Crippen LogP contribution is -2.16. The number of hydrogen-bond acceptors (Lipinski definition) is 4. The van der Waals surface area contributed by atoms with Crippen molar-refractivity contribution in [2.75, 3.05) is 7.05 Å². The van der Waals surface area contributed by atoms with E-state index in [9.17, 15) is 0 Å². The first kappa shape index (κ1) is 7.14. The van der Waals surface area contributed by atoms with Crippen molar-refractivity contribution in [2.45, 2.75) is 13.0 Å². The second kappa shape index (κ2) is 2.74. The number of tetrazole rings is 1. The van der Waals surface area contributed by atoms with Crippen LogP contribution in [0.1, 0.15) is 18.8 Å². The van der Waals surface area contributed by atoms with E-state index in [2.05, 4.69) is 20.8 Å². The molecule has 0 spiro atoms. The van der Waals surface area contributed by atoms with Gasteiger partial charge in [-0.15, -0.1) is 5.10 Å². The summed E-state index contributed by atoms with van der Waals surface area (Å²) in [4.78, 5) is 0. The third-order valence-corrected chi connectivity index (χ3v) is 1.47. The number of hydrogen-bond donors (Lipinski definition) is 1. The Kier molecular flexibility index (Phi) is 1.96. The molecule has 1 atom stereocenters. The molecular formula is C5H11N5. The molecule has 0 amide bonds. The Morgan fingerprint density at radius 2 is 2.30 bits per heavy atom. The summed E-state index contributed by atoms with van der Waals surface area (Å²) in [6.07, 6.45) is 0. The Morgan fingerprint density at radius 3 is 2.70 bits per heavy atom. The summed E-state index contributed by atoms with van der Waals surface area (Å²) in [5.41, 5.74) is 0. The maximum Gasteiger partial charge on any atom is 0.167 e. The number of aryl methyl sites for hydroxylation is 1. The van der Waals surface area contributed by atoms with E-state index >= 15 is 0 Å². The molecule has 1 heterocycles. The summed E-state index contributed by atoms with van der Waals surface area (Å²) >= 11 is 0. The Hall–Kier alpha value is -0.970. The molecular weight excluding hydrogens is 130 g/mol. The standard InChI is InChI=1S/C5H11N5/c1-4(6-2)5-7-8-9-10(5)3/h4,6H,1-3H3. The van der Waals surface area contributed by atoms with Crippen molar-refractivity contribution >= 4 is 0 Å². The molecule has 1 aromatic heterocycles.